The van der Waals surface area contributed by atoms with Crippen LogP contribution in [0.25, 0.3) is 0 Å². The minimum atomic E-state index is -0.912. The molecule has 14 heavy (non-hydrogen) atoms. The molecule has 1 aromatic heterocycles. The fraction of sp³-hybridized carbons (Fsp3) is 0.600. The van der Waals surface area contributed by atoms with Crippen molar-refractivity contribution >= 4 is 5.97 Å². The summed E-state index contributed by atoms with van der Waals surface area (Å²) in [5.41, 5.74) is 0.863. The van der Waals surface area contributed by atoms with E-state index >= 15 is 0 Å². The lowest BCUT2D eigenvalue weighted by atomic mass is 10.1. The molecule has 0 fully saturated rings. The second kappa shape index (κ2) is 3.82. The Hall–Kier alpha value is -1.32. The third-order valence-electron chi connectivity index (χ3n) is 2.53. The van der Waals surface area contributed by atoms with Crippen molar-refractivity contribution in [2.75, 3.05) is 0 Å². The first-order valence-electron chi connectivity index (χ1n) is 4.72. The summed E-state index contributed by atoms with van der Waals surface area (Å²) in [6.45, 7) is 7.92. The van der Waals surface area contributed by atoms with Crippen molar-refractivity contribution in [2.24, 2.45) is 5.92 Å². The molecule has 1 heterocycles. The Balaban J connectivity index is 3.02. The maximum absolute atomic E-state index is 10.8. The molecule has 0 aliphatic heterocycles. The van der Waals surface area contributed by atoms with E-state index in [0.29, 0.717) is 11.6 Å². The minimum Gasteiger partial charge on any atom is -0.478 e. The normalized spacial score (nSPS) is 13.2. The van der Waals surface area contributed by atoms with Crippen LogP contribution < -0.4 is 0 Å². The van der Waals surface area contributed by atoms with Crippen LogP contribution in [0.1, 0.15) is 42.9 Å². The van der Waals surface area contributed by atoms with Crippen LogP contribution in [0.4, 0.5) is 0 Å². The Labute approximate surface area is 83.5 Å². The van der Waals surface area contributed by atoms with Gasteiger partial charge in [-0.25, -0.2) is 4.79 Å². The van der Waals surface area contributed by atoms with E-state index in [4.69, 9.17) is 5.11 Å². The van der Waals surface area contributed by atoms with Crippen molar-refractivity contribution in [3.05, 3.63) is 17.5 Å². The number of rotatable bonds is 3. The number of nitrogens with zero attached hydrogens (tertiary/aromatic N) is 2. The second-order valence-electron chi connectivity index (χ2n) is 3.90. The predicted octanol–water partition coefficient (Wildman–Crippen LogP) is 2.11. The Morgan fingerprint density at radius 2 is 2.07 bits per heavy atom. The molecule has 0 aliphatic rings. The molecule has 0 radical (unpaired) electrons. The first-order chi connectivity index (χ1) is 6.43. The van der Waals surface area contributed by atoms with Crippen LogP contribution in [0.15, 0.2) is 6.20 Å². The van der Waals surface area contributed by atoms with Crippen molar-refractivity contribution in [3.8, 4) is 0 Å². The average molecular weight is 196 g/mol. The fourth-order valence-corrected chi connectivity index (χ4v) is 1.21. The van der Waals surface area contributed by atoms with Crippen LogP contribution in [0.2, 0.25) is 0 Å². The minimum absolute atomic E-state index is 0.224. The summed E-state index contributed by atoms with van der Waals surface area (Å²) in [4.78, 5) is 10.8. The zero-order chi connectivity index (χ0) is 10.9. The summed E-state index contributed by atoms with van der Waals surface area (Å²) in [7, 11) is 0. The first kappa shape index (κ1) is 10.8. The van der Waals surface area contributed by atoms with Crippen LogP contribution in [0.5, 0.6) is 0 Å². The molecule has 0 aliphatic carbocycles. The molecule has 0 saturated heterocycles. The third kappa shape index (κ3) is 1.95. The van der Waals surface area contributed by atoms with E-state index in [1.54, 1.807) is 17.8 Å². The molecule has 0 bridgehead atoms. The van der Waals surface area contributed by atoms with Gasteiger partial charge < -0.3 is 5.11 Å². The molecular formula is C10H16N2O2. The summed E-state index contributed by atoms with van der Waals surface area (Å²) in [5, 5.41) is 13.0. The molecule has 0 aromatic carbocycles. The van der Waals surface area contributed by atoms with Crippen molar-refractivity contribution in [1.29, 1.82) is 0 Å². The van der Waals surface area contributed by atoms with Gasteiger partial charge in [0, 0.05) is 6.20 Å². The molecule has 1 rings (SSSR count). The number of aryl methyl sites for hydroxylation is 1. The van der Waals surface area contributed by atoms with Gasteiger partial charge in [-0.1, -0.05) is 13.8 Å². The van der Waals surface area contributed by atoms with E-state index in [-0.39, 0.29) is 11.6 Å². The highest BCUT2D eigenvalue weighted by atomic mass is 16.4. The Morgan fingerprint density at radius 3 is 2.43 bits per heavy atom. The highest BCUT2D eigenvalue weighted by molar-refractivity contribution is 5.88. The van der Waals surface area contributed by atoms with Gasteiger partial charge in [0.2, 0.25) is 0 Å². The quantitative estimate of drug-likeness (QED) is 0.805. The Kier molecular flexibility index (Phi) is 2.93. The summed E-state index contributed by atoms with van der Waals surface area (Å²) in [6.07, 6.45) is 1.60. The maximum atomic E-state index is 10.8. The van der Waals surface area contributed by atoms with Crippen molar-refractivity contribution in [2.45, 2.75) is 33.7 Å². The van der Waals surface area contributed by atoms with E-state index in [1.807, 2.05) is 6.92 Å². The number of carboxylic acids is 1. The Bertz CT molecular complexity index is 342. The second-order valence-corrected chi connectivity index (χ2v) is 3.90. The predicted molar refractivity (Wildman–Crippen MR) is 53.5 cm³/mol. The summed E-state index contributed by atoms with van der Waals surface area (Å²) in [6, 6.07) is 0.224. The highest BCUT2D eigenvalue weighted by Gasteiger charge is 2.16. The first-order valence-corrected chi connectivity index (χ1v) is 4.72. The number of aromatic carboxylic acids is 1. The van der Waals surface area contributed by atoms with Crippen molar-refractivity contribution < 1.29 is 9.90 Å². The topological polar surface area (TPSA) is 55.1 Å². The molecule has 0 spiro atoms. The van der Waals surface area contributed by atoms with Crippen molar-refractivity contribution in [1.82, 2.24) is 9.78 Å². The lowest BCUT2D eigenvalue weighted by molar-refractivity contribution is 0.0696. The van der Waals surface area contributed by atoms with Crippen LogP contribution in [0.3, 0.4) is 0 Å². The van der Waals surface area contributed by atoms with Gasteiger partial charge >= 0.3 is 5.97 Å². The van der Waals surface area contributed by atoms with Gasteiger partial charge in [-0.05, 0) is 19.8 Å². The monoisotopic (exact) mass is 196 g/mol. The zero-order valence-electron chi connectivity index (χ0n) is 8.98. The average Bonchev–Trinajstić information content (AvgIpc) is 2.45. The molecule has 1 N–H and O–H groups in total. The third-order valence-corrected chi connectivity index (χ3v) is 2.53. The zero-order valence-corrected chi connectivity index (χ0v) is 8.98. The van der Waals surface area contributed by atoms with E-state index in [2.05, 4.69) is 18.9 Å². The van der Waals surface area contributed by atoms with Gasteiger partial charge in [-0.3, -0.25) is 4.68 Å². The van der Waals surface area contributed by atoms with Gasteiger partial charge in [0.05, 0.1) is 11.7 Å². The number of carboxylic acid groups (broad SMARTS) is 1. The fourth-order valence-electron chi connectivity index (χ4n) is 1.21. The van der Waals surface area contributed by atoms with Gasteiger partial charge in [0.15, 0.2) is 0 Å². The Morgan fingerprint density at radius 1 is 1.50 bits per heavy atom. The number of hydrogen-bond acceptors (Lipinski definition) is 2. The van der Waals surface area contributed by atoms with Gasteiger partial charge in [0.1, 0.15) is 5.56 Å². The van der Waals surface area contributed by atoms with E-state index in [0.717, 1.165) is 0 Å². The van der Waals surface area contributed by atoms with Crippen LogP contribution in [-0.2, 0) is 0 Å². The lowest BCUT2D eigenvalue weighted by Gasteiger charge is -2.15. The SMILES string of the molecule is Cc1nn(C(C)C(C)C)cc1C(=O)O. The van der Waals surface area contributed by atoms with Gasteiger partial charge in [-0.15, -0.1) is 0 Å². The molecule has 0 saturated carbocycles. The maximum Gasteiger partial charge on any atom is 0.339 e. The molecular weight excluding hydrogens is 180 g/mol. The summed E-state index contributed by atoms with van der Waals surface area (Å²) in [5.74, 6) is -0.472. The summed E-state index contributed by atoms with van der Waals surface area (Å²) < 4.78 is 1.73. The molecule has 1 unspecified atom stereocenters. The molecule has 0 amide bonds. The molecule has 1 aromatic rings. The van der Waals surface area contributed by atoms with Gasteiger partial charge in [0.25, 0.3) is 0 Å². The lowest BCUT2D eigenvalue weighted by Crippen LogP contribution is -2.12. The van der Waals surface area contributed by atoms with Crippen LogP contribution in [0, 0.1) is 12.8 Å². The number of hydrogen-bond donors (Lipinski definition) is 1. The van der Waals surface area contributed by atoms with E-state index < -0.39 is 5.97 Å². The standard InChI is InChI=1S/C10H16N2O2/c1-6(2)8(4)12-5-9(10(13)14)7(3)11-12/h5-6,8H,1-4H3,(H,13,14). The number of aromatic nitrogens is 2. The smallest absolute Gasteiger partial charge is 0.339 e. The van der Waals surface area contributed by atoms with Crippen molar-refractivity contribution in [3.63, 3.8) is 0 Å². The van der Waals surface area contributed by atoms with Gasteiger partial charge in [-0.2, -0.15) is 5.10 Å². The molecule has 1 atom stereocenters. The van der Waals surface area contributed by atoms with E-state index in [9.17, 15) is 4.79 Å². The molecule has 4 nitrogen and oxygen atoms in total. The number of carbonyl (C=O) groups is 1. The highest BCUT2D eigenvalue weighted by Crippen LogP contribution is 2.17. The van der Waals surface area contributed by atoms with Crippen LogP contribution >= 0.6 is 0 Å². The van der Waals surface area contributed by atoms with E-state index in [1.165, 1.54) is 0 Å². The summed E-state index contributed by atoms with van der Waals surface area (Å²) >= 11 is 0. The largest absolute Gasteiger partial charge is 0.478 e. The van der Waals surface area contributed by atoms with Crippen LogP contribution in [-0.4, -0.2) is 20.9 Å². The molecule has 4 heteroatoms. The molecule has 78 valence electrons.